The van der Waals surface area contributed by atoms with Crippen molar-refractivity contribution in [2.45, 2.75) is 335 Å². The van der Waals surface area contributed by atoms with E-state index in [4.69, 9.17) is 14.2 Å². The molecule has 0 aromatic heterocycles. The fourth-order valence-corrected chi connectivity index (χ4v) is 9.77. The zero-order chi connectivity index (χ0) is 59.9. The lowest BCUT2D eigenvalue weighted by Crippen LogP contribution is -2.30. The first-order valence-corrected chi connectivity index (χ1v) is 35.0. The number of hydrogen-bond donors (Lipinski definition) is 0. The van der Waals surface area contributed by atoms with Crippen LogP contribution in [0, 0.1) is 0 Å². The molecule has 6 nitrogen and oxygen atoms in total. The molecule has 0 aromatic rings. The summed E-state index contributed by atoms with van der Waals surface area (Å²) in [5, 5.41) is 0. The van der Waals surface area contributed by atoms with Gasteiger partial charge in [-0.1, -0.05) is 335 Å². The normalized spacial score (nSPS) is 12.9. The lowest BCUT2D eigenvalue weighted by atomic mass is 10.0. The lowest BCUT2D eigenvalue weighted by molar-refractivity contribution is -0.167. The first kappa shape index (κ1) is 78.8. The van der Waals surface area contributed by atoms with Gasteiger partial charge in [-0.2, -0.15) is 0 Å². The number of carbonyl (C=O) groups excluding carboxylic acids is 3. The molecule has 0 saturated heterocycles. The van der Waals surface area contributed by atoms with E-state index in [1.54, 1.807) is 0 Å². The van der Waals surface area contributed by atoms with Crippen LogP contribution in [0.1, 0.15) is 329 Å². The minimum atomic E-state index is -0.796. The van der Waals surface area contributed by atoms with Gasteiger partial charge >= 0.3 is 17.9 Å². The largest absolute Gasteiger partial charge is 0.462 e. The Bertz CT molecular complexity index is 1700. The summed E-state index contributed by atoms with van der Waals surface area (Å²) in [7, 11) is 0. The van der Waals surface area contributed by atoms with Crippen molar-refractivity contribution in [2.75, 3.05) is 13.2 Å². The van der Waals surface area contributed by atoms with Gasteiger partial charge in [0, 0.05) is 19.3 Å². The molecule has 1 unspecified atom stereocenters. The highest BCUT2D eigenvalue weighted by Gasteiger charge is 2.19. The van der Waals surface area contributed by atoms with E-state index in [-0.39, 0.29) is 31.1 Å². The van der Waals surface area contributed by atoms with Crippen molar-refractivity contribution in [1.29, 1.82) is 0 Å². The van der Waals surface area contributed by atoms with Crippen LogP contribution < -0.4 is 0 Å². The van der Waals surface area contributed by atoms with Crippen LogP contribution in [0.5, 0.6) is 0 Å². The fourth-order valence-electron chi connectivity index (χ4n) is 9.77. The molecular formula is C77H130O6. The van der Waals surface area contributed by atoms with Gasteiger partial charge in [-0.25, -0.2) is 0 Å². The average Bonchev–Trinajstić information content (AvgIpc) is 3.48. The second-order valence-electron chi connectivity index (χ2n) is 23.1. The molecule has 6 heteroatoms. The van der Waals surface area contributed by atoms with Crippen molar-refractivity contribution in [3.8, 4) is 0 Å². The summed E-state index contributed by atoms with van der Waals surface area (Å²) in [5.41, 5.74) is 0. The summed E-state index contributed by atoms with van der Waals surface area (Å²) in [6.45, 7) is 6.52. The number of allylic oxidation sites excluding steroid dienone is 20. The third-order valence-corrected chi connectivity index (χ3v) is 15.0. The Hall–Kier alpha value is -4.19. The number of unbranched alkanes of at least 4 members (excludes halogenated alkanes) is 32. The molecule has 83 heavy (non-hydrogen) atoms. The van der Waals surface area contributed by atoms with Crippen molar-refractivity contribution in [3.63, 3.8) is 0 Å². The van der Waals surface area contributed by atoms with E-state index in [0.717, 1.165) is 122 Å². The molecule has 0 saturated carbocycles. The number of rotatable bonds is 63. The first-order valence-electron chi connectivity index (χ1n) is 35.0. The van der Waals surface area contributed by atoms with Gasteiger partial charge in [0.2, 0.25) is 0 Å². The Morgan fingerprint density at radius 2 is 0.470 bits per heavy atom. The van der Waals surface area contributed by atoms with Crippen LogP contribution in [0.2, 0.25) is 0 Å². The number of ether oxygens (including phenoxy) is 3. The number of hydrogen-bond acceptors (Lipinski definition) is 6. The molecule has 0 heterocycles. The minimum Gasteiger partial charge on any atom is -0.462 e. The maximum atomic E-state index is 12.9. The van der Waals surface area contributed by atoms with Crippen LogP contribution in [0.15, 0.2) is 122 Å². The Morgan fingerprint density at radius 1 is 0.253 bits per heavy atom. The summed E-state index contributed by atoms with van der Waals surface area (Å²) < 4.78 is 16.9. The van der Waals surface area contributed by atoms with Crippen LogP contribution in [-0.4, -0.2) is 37.2 Å². The van der Waals surface area contributed by atoms with E-state index in [1.807, 2.05) is 0 Å². The van der Waals surface area contributed by atoms with Crippen molar-refractivity contribution < 1.29 is 28.6 Å². The van der Waals surface area contributed by atoms with Crippen LogP contribution in [0.4, 0.5) is 0 Å². The standard InChI is InChI=1S/C77H130O6/c1-4-7-10-13-16-19-22-24-26-28-30-32-33-34-35-36-37-38-39-40-41-42-43-45-46-48-50-52-55-58-61-64-67-70-76(79)82-73-74(72-81-75(78)69-66-63-60-57-54-21-18-15-12-9-6-3)83-77(80)71-68-65-62-59-56-53-51-49-47-44-31-29-27-25-23-20-17-14-11-8-5-2/h7,10,16,19,24,26,30,32,34-35,37-38,40-41,43,45,48,50,55,58,74H,4-6,8-9,11-15,17-18,20-23,25,27-29,31,33,36,39,42,44,46-47,49,51-54,56-57,59-73H2,1-3H3/b10-7-,19-16-,26-24-,32-30-,35-34-,38-37-,41-40-,45-43-,50-48-,58-55-. The predicted molar refractivity (Wildman–Crippen MR) is 362 cm³/mol. The molecule has 0 amide bonds. The second-order valence-corrected chi connectivity index (χ2v) is 23.1. The molecule has 0 fully saturated rings. The van der Waals surface area contributed by atoms with E-state index in [1.165, 1.54) is 167 Å². The van der Waals surface area contributed by atoms with Gasteiger partial charge in [0.1, 0.15) is 13.2 Å². The summed E-state index contributed by atoms with van der Waals surface area (Å²) in [4.78, 5) is 38.3. The van der Waals surface area contributed by atoms with E-state index in [9.17, 15) is 14.4 Å². The van der Waals surface area contributed by atoms with Gasteiger partial charge in [-0.15, -0.1) is 0 Å². The molecule has 0 aliphatic carbocycles. The predicted octanol–water partition coefficient (Wildman–Crippen LogP) is 24.3. The fraction of sp³-hybridized carbons (Fsp3) is 0.701. The second kappa shape index (κ2) is 70.3. The number of esters is 3. The van der Waals surface area contributed by atoms with E-state index in [0.29, 0.717) is 19.3 Å². The molecule has 0 radical (unpaired) electrons. The SMILES string of the molecule is CC/C=C\C/C=C\C/C=C\C/C=C\C/C=C\C/C=C\C/C=C\C/C=C\C/C=C\C/C=C\CCCCC(=O)OCC(COC(=O)CCCCCCCCCCCCC)OC(=O)CCCCCCCCCCCCCCCCCCCCCCC. The molecule has 0 aliphatic rings. The van der Waals surface area contributed by atoms with Crippen molar-refractivity contribution in [3.05, 3.63) is 122 Å². The van der Waals surface area contributed by atoms with Crippen LogP contribution in [0.3, 0.4) is 0 Å². The third-order valence-electron chi connectivity index (χ3n) is 15.0. The third kappa shape index (κ3) is 68.5. The lowest BCUT2D eigenvalue weighted by Gasteiger charge is -2.18. The van der Waals surface area contributed by atoms with Gasteiger partial charge in [-0.3, -0.25) is 14.4 Å². The summed E-state index contributed by atoms with van der Waals surface area (Å²) >= 11 is 0. The highest BCUT2D eigenvalue weighted by Crippen LogP contribution is 2.17. The molecular weight excluding hydrogens is 1020 g/mol. The molecule has 1 atom stereocenters. The van der Waals surface area contributed by atoms with Gasteiger partial charge < -0.3 is 14.2 Å². The van der Waals surface area contributed by atoms with Crippen LogP contribution in [0.25, 0.3) is 0 Å². The summed E-state index contributed by atoms with van der Waals surface area (Å²) in [6.07, 6.45) is 98.0. The summed E-state index contributed by atoms with van der Waals surface area (Å²) in [6, 6.07) is 0. The molecule has 0 rings (SSSR count). The molecule has 0 N–H and O–H groups in total. The Balaban J connectivity index is 4.33. The van der Waals surface area contributed by atoms with Crippen molar-refractivity contribution >= 4 is 17.9 Å². The van der Waals surface area contributed by atoms with Crippen molar-refractivity contribution in [2.24, 2.45) is 0 Å². The smallest absolute Gasteiger partial charge is 0.306 e. The van der Waals surface area contributed by atoms with Gasteiger partial charge in [0.25, 0.3) is 0 Å². The number of carbonyl (C=O) groups is 3. The van der Waals surface area contributed by atoms with Gasteiger partial charge in [-0.05, 0) is 96.3 Å². The average molecular weight is 1150 g/mol. The summed E-state index contributed by atoms with van der Waals surface area (Å²) in [5.74, 6) is -0.923. The highest BCUT2D eigenvalue weighted by atomic mass is 16.6. The van der Waals surface area contributed by atoms with Crippen LogP contribution in [-0.2, 0) is 28.6 Å². The van der Waals surface area contributed by atoms with Crippen LogP contribution >= 0.6 is 0 Å². The first-order chi connectivity index (χ1) is 41.0. The quantitative estimate of drug-likeness (QED) is 0.0261. The molecule has 0 spiro atoms. The Kier molecular flexibility index (Phi) is 66.7. The molecule has 0 aliphatic heterocycles. The maximum Gasteiger partial charge on any atom is 0.306 e. The topological polar surface area (TPSA) is 78.9 Å². The van der Waals surface area contributed by atoms with Gasteiger partial charge in [0.05, 0.1) is 0 Å². The van der Waals surface area contributed by atoms with E-state index >= 15 is 0 Å². The maximum absolute atomic E-state index is 12.9. The highest BCUT2D eigenvalue weighted by molar-refractivity contribution is 5.71. The minimum absolute atomic E-state index is 0.0889. The molecule has 0 bridgehead atoms. The Morgan fingerprint density at radius 3 is 0.735 bits per heavy atom. The van der Waals surface area contributed by atoms with E-state index in [2.05, 4.69) is 142 Å². The van der Waals surface area contributed by atoms with Gasteiger partial charge in [0.15, 0.2) is 6.10 Å². The van der Waals surface area contributed by atoms with E-state index < -0.39 is 6.10 Å². The molecule has 0 aromatic carbocycles. The zero-order valence-corrected chi connectivity index (χ0v) is 54.4. The Labute approximate surface area is 513 Å². The molecule has 474 valence electrons. The monoisotopic (exact) mass is 1150 g/mol. The van der Waals surface area contributed by atoms with Crippen molar-refractivity contribution in [1.82, 2.24) is 0 Å². The zero-order valence-electron chi connectivity index (χ0n) is 54.4.